The Labute approximate surface area is 181 Å². The number of carbonyl (C=O) groups excluding carboxylic acids is 2. The number of carbonyl (C=O) groups is 2. The summed E-state index contributed by atoms with van der Waals surface area (Å²) in [6.07, 6.45) is 1.56. The molecule has 3 aromatic carbocycles. The summed E-state index contributed by atoms with van der Waals surface area (Å²) in [5, 5.41) is 9.52. The number of para-hydroxylation sites is 1. The van der Waals surface area contributed by atoms with Crippen molar-refractivity contribution in [3.8, 4) is 0 Å². The number of oxime groups is 1. The first-order valence-electron chi connectivity index (χ1n) is 10.0. The first-order chi connectivity index (χ1) is 15.0. The maximum absolute atomic E-state index is 12.8. The van der Waals surface area contributed by atoms with Crippen molar-refractivity contribution in [3.05, 3.63) is 101 Å². The number of amides is 2. The molecule has 0 aromatic heterocycles. The molecule has 3 rings (SSSR count). The third kappa shape index (κ3) is 6.27. The molecule has 3 aromatic rings. The van der Waals surface area contributed by atoms with E-state index >= 15 is 0 Å². The Balaban J connectivity index is 1.57. The molecule has 1 atom stereocenters. The molecule has 0 bridgehead atoms. The zero-order valence-electron chi connectivity index (χ0n) is 17.5. The summed E-state index contributed by atoms with van der Waals surface area (Å²) in [5.74, 6) is -0.677. The molecule has 0 fully saturated rings. The van der Waals surface area contributed by atoms with Gasteiger partial charge in [-0.1, -0.05) is 71.9 Å². The minimum atomic E-state index is -0.404. The maximum atomic E-state index is 12.8. The van der Waals surface area contributed by atoms with Crippen LogP contribution >= 0.6 is 0 Å². The van der Waals surface area contributed by atoms with Gasteiger partial charge in [-0.25, -0.2) is 0 Å². The lowest BCUT2D eigenvalue weighted by Crippen LogP contribution is -2.28. The largest absolute Gasteiger partial charge is 0.386 e. The molecule has 0 aliphatic carbocycles. The average Bonchev–Trinajstić information content (AvgIpc) is 2.78. The van der Waals surface area contributed by atoms with Gasteiger partial charge >= 0.3 is 0 Å². The van der Waals surface area contributed by atoms with Gasteiger partial charge in [0, 0.05) is 0 Å². The van der Waals surface area contributed by atoms with E-state index in [1.807, 2.05) is 68.4 Å². The predicted octanol–water partition coefficient (Wildman–Crippen LogP) is 4.48. The first-order valence-corrected chi connectivity index (χ1v) is 10.0. The Morgan fingerprint density at radius 2 is 1.65 bits per heavy atom. The summed E-state index contributed by atoms with van der Waals surface area (Å²) >= 11 is 0. The van der Waals surface area contributed by atoms with E-state index in [0.717, 1.165) is 16.7 Å². The SMILES string of the molecule is Cc1ccccc1/C=N/OCC(=O)Nc1ccccc1C(=O)NC(C)c1ccccc1. The molecule has 2 amide bonds. The van der Waals surface area contributed by atoms with Gasteiger partial charge in [-0.2, -0.15) is 0 Å². The van der Waals surface area contributed by atoms with Crippen LogP contribution in [0.1, 0.15) is 40.0 Å². The molecule has 0 saturated heterocycles. The van der Waals surface area contributed by atoms with E-state index in [1.54, 1.807) is 30.5 Å². The minimum Gasteiger partial charge on any atom is -0.386 e. The fourth-order valence-electron chi connectivity index (χ4n) is 3.00. The number of hydrogen-bond acceptors (Lipinski definition) is 4. The number of hydrogen-bond donors (Lipinski definition) is 2. The van der Waals surface area contributed by atoms with E-state index in [0.29, 0.717) is 11.3 Å². The highest BCUT2D eigenvalue weighted by Gasteiger charge is 2.16. The number of anilines is 1. The van der Waals surface area contributed by atoms with Crippen LogP contribution in [0.5, 0.6) is 0 Å². The van der Waals surface area contributed by atoms with Crippen LogP contribution in [0.3, 0.4) is 0 Å². The Morgan fingerprint density at radius 1 is 0.968 bits per heavy atom. The van der Waals surface area contributed by atoms with E-state index in [2.05, 4.69) is 15.8 Å². The standard InChI is InChI=1S/C25H25N3O3/c1-18-10-6-7-13-21(18)16-26-31-17-24(29)28-23-15-9-8-14-22(23)25(30)27-19(2)20-11-4-3-5-12-20/h3-16,19H,17H2,1-2H3,(H,27,30)(H,28,29)/b26-16+. The van der Waals surface area contributed by atoms with Crippen molar-refractivity contribution in [1.29, 1.82) is 0 Å². The first kappa shape index (κ1) is 21.8. The van der Waals surface area contributed by atoms with Gasteiger partial charge in [0.25, 0.3) is 11.8 Å². The predicted molar refractivity (Wildman–Crippen MR) is 122 cm³/mol. The topological polar surface area (TPSA) is 79.8 Å². The van der Waals surface area contributed by atoms with Gasteiger partial charge in [-0.3, -0.25) is 9.59 Å². The molecule has 6 heteroatoms. The van der Waals surface area contributed by atoms with E-state index in [9.17, 15) is 9.59 Å². The Bertz CT molecular complexity index is 1060. The number of rotatable bonds is 8. The molecule has 0 aliphatic heterocycles. The number of benzene rings is 3. The summed E-state index contributed by atoms with van der Waals surface area (Å²) in [4.78, 5) is 30.1. The van der Waals surface area contributed by atoms with E-state index in [4.69, 9.17) is 4.84 Å². The average molecular weight is 415 g/mol. The molecule has 1 unspecified atom stereocenters. The van der Waals surface area contributed by atoms with Crippen LogP contribution in [0.2, 0.25) is 0 Å². The summed E-state index contributed by atoms with van der Waals surface area (Å²) in [6.45, 7) is 3.61. The third-order valence-corrected chi connectivity index (χ3v) is 4.74. The molecule has 31 heavy (non-hydrogen) atoms. The second-order valence-corrected chi connectivity index (χ2v) is 7.06. The van der Waals surface area contributed by atoms with Crippen LogP contribution in [0, 0.1) is 6.92 Å². The maximum Gasteiger partial charge on any atom is 0.265 e. The van der Waals surface area contributed by atoms with Crippen LogP contribution < -0.4 is 10.6 Å². The molecule has 0 heterocycles. The van der Waals surface area contributed by atoms with Crippen molar-refractivity contribution in [3.63, 3.8) is 0 Å². The zero-order chi connectivity index (χ0) is 22.1. The minimum absolute atomic E-state index is 0.170. The highest BCUT2D eigenvalue weighted by atomic mass is 16.6. The van der Waals surface area contributed by atoms with Gasteiger partial charge in [0.2, 0.25) is 0 Å². The quantitative estimate of drug-likeness (QED) is 0.421. The van der Waals surface area contributed by atoms with Gasteiger partial charge in [0.15, 0.2) is 6.61 Å². The Morgan fingerprint density at radius 3 is 2.42 bits per heavy atom. The third-order valence-electron chi connectivity index (χ3n) is 4.74. The fraction of sp³-hybridized carbons (Fsp3) is 0.160. The summed E-state index contributed by atoms with van der Waals surface area (Å²) in [6, 6.07) is 24.1. The van der Waals surface area contributed by atoms with Crippen LogP contribution in [0.4, 0.5) is 5.69 Å². The van der Waals surface area contributed by atoms with Gasteiger partial charge in [-0.15, -0.1) is 0 Å². The number of nitrogens with one attached hydrogen (secondary N) is 2. The number of nitrogens with zero attached hydrogens (tertiary/aromatic N) is 1. The lowest BCUT2D eigenvalue weighted by Gasteiger charge is -2.16. The van der Waals surface area contributed by atoms with Gasteiger partial charge in [-0.05, 0) is 42.7 Å². The summed E-state index contributed by atoms with van der Waals surface area (Å²) in [7, 11) is 0. The van der Waals surface area contributed by atoms with Crippen molar-refractivity contribution in [2.45, 2.75) is 19.9 Å². The number of aryl methyl sites for hydroxylation is 1. The highest BCUT2D eigenvalue weighted by molar-refractivity contribution is 6.04. The second-order valence-electron chi connectivity index (χ2n) is 7.06. The second kappa shape index (κ2) is 10.7. The van der Waals surface area contributed by atoms with Crippen molar-refractivity contribution in [1.82, 2.24) is 5.32 Å². The van der Waals surface area contributed by atoms with E-state index in [-0.39, 0.29) is 18.6 Å². The van der Waals surface area contributed by atoms with Gasteiger partial charge in [0.1, 0.15) is 0 Å². The Kier molecular flexibility index (Phi) is 7.54. The monoisotopic (exact) mass is 415 g/mol. The van der Waals surface area contributed by atoms with Crippen LogP contribution in [-0.4, -0.2) is 24.6 Å². The molecule has 2 N–H and O–H groups in total. The lowest BCUT2D eigenvalue weighted by molar-refractivity contribution is -0.120. The summed E-state index contributed by atoms with van der Waals surface area (Å²) < 4.78 is 0. The van der Waals surface area contributed by atoms with Gasteiger partial charge < -0.3 is 15.5 Å². The smallest absolute Gasteiger partial charge is 0.265 e. The van der Waals surface area contributed by atoms with Crippen molar-refractivity contribution < 1.29 is 14.4 Å². The Hall–Kier alpha value is -3.93. The molecular formula is C25H25N3O3. The van der Waals surface area contributed by atoms with E-state index in [1.165, 1.54) is 0 Å². The zero-order valence-corrected chi connectivity index (χ0v) is 17.5. The van der Waals surface area contributed by atoms with Crippen molar-refractivity contribution in [2.75, 3.05) is 11.9 Å². The molecule has 158 valence electrons. The molecule has 6 nitrogen and oxygen atoms in total. The van der Waals surface area contributed by atoms with Crippen LogP contribution in [0.15, 0.2) is 84.0 Å². The van der Waals surface area contributed by atoms with E-state index < -0.39 is 5.91 Å². The van der Waals surface area contributed by atoms with Crippen molar-refractivity contribution >= 4 is 23.7 Å². The van der Waals surface area contributed by atoms with Crippen LogP contribution in [-0.2, 0) is 9.63 Å². The highest BCUT2D eigenvalue weighted by Crippen LogP contribution is 2.18. The van der Waals surface area contributed by atoms with Crippen LogP contribution in [0.25, 0.3) is 0 Å². The molecule has 0 aliphatic rings. The van der Waals surface area contributed by atoms with Gasteiger partial charge in [0.05, 0.1) is 23.5 Å². The lowest BCUT2D eigenvalue weighted by atomic mass is 10.1. The summed E-state index contributed by atoms with van der Waals surface area (Å²) in [5.41, 5.74) is 3.76. The molecule has 0 spiro atoms. The van der Waals surface area contributed by atoms with Crippen molar-refractivity contribution in [2.24, 2.45) is 5.16 Å². The fourth-order valence-corrected chi connectivity index (χ4v) is 3.00. The molecular weight excluding hydrogens is 390 g/mol. The molecule has 0 saturated carbocycles. The molecule has 0 radical (unpaired) electrons. The normalized spacial score (nSPS) is 11.7.